The number of aromatic hydroxyl groups is 1. The number of phenols is 1. The van der Waals surface area contributed by atoms with Gasteiger partial charge in [-0.2, -0.15) is 0 Å². The Kier molecular flexibility index (Phi) is 3.90. The minimum Gasteiger partial charge on any atom is -0.507 e. The second-order valence-electron chi connectivity index (χ2n) is 3.50. The van der Waals surface area contributed by atoms with Gasteiger partial charge in [-0.15, -0.1) is 6.58 Å². The molecule has 0 saturated heterocycles. The number of hydrogen-bond acceptors (Lipinski definition) is 2. The van der Waals surface area contributed by atoms with E-state index in [4.69, 9.17) is 5.41 Å². The van der Waals surface area contributed by atoms with Crippen molar-refractivity contribution < 1.29 is 5.11 Å². The van der Waals surface area contributed by atoms with E-state index in [1.54, 1.807) is 6.08 Å². The van der Waals surface area contributed by atoms with Gasteiger partial charge in [-0.25, -0.2) is 0 Å². The van der Waals surface area contributed by atoms with Gasteiger partial charge in [0.1, 0.15) is 5.75 Å². The highest BCUT2D eigenvalue weighted by Crippen LogP contribution is 2.29. The molecule has 0 aliphatic rings. The maximum atomic E-state index is 9.81. The molecule has 0 aromatic heterocycles. The van der Waals surface area contributed by atoms with Crippen LogP contribution < -0.4 is 0 Å². The summed E-state index contributed by atoms with van der Waals surface area (Å²) in [5, 5.41) is 17.5. The van der Waals surface area contributed by atoms with Crippen LogP contribution in [0.1, 0.15) is 22.3 Å². The maximum absolute atomic E-state index is 9.81. The standard InChI is InChI=1S/C12H14INO/c1-4-5-9-8(3)11(15)7(2)6-10(9)12(13)14/h4,6,14-15H,1,5H2,2-3H3. The van der Waals surface area contributed by atoms with Gasteiger partial charge in [0.05, 0.1) is 3.72 Å². The first-order chi connectivity index (χ1) is 6.99. The minimum atomic E-state index is 0.327. The molecule has 15 heavy (non-hydrogen) atoms. The van der Waals surface area contributed by atoms with Crippen molar-refractivity contribution in [3.63, 3.8) is 0 Å². The van der Waals surface area contributed by atoms with Crippen LogP contribution in [0, 0.1) is 19.3 Å². The molecule has 0 heterocycles. The molecule has 1 aromatic carbocycles. The molecule has 1 rings (SSSR count). The third kappa shape index (κ3) is 2.40. The van der Waals surface area contributed by atoms with Gasteiger partial charge in [0.15, 0.2) is 0 Å². The fraction of sp³-hybridized carbons (Fsp3) is 0.250. The molecule has 0 bridgehead atoms. The molecule has 2 N–H and O–H groups in total. The number of aryl methyl sites for hydroxylation is 1. The first-order valence-electron chi connectivity index (χ1n) is 4.66. The van der Waals surface area contributed by atoms with Gasteiger partial charge in [-0.1, -0.05) is 6.08 Å². The van der Waals surface area contributed by atoms with Crippen molar-refractivity contribution >= 4 is 26.3 Å². The number of allylic oxidation sites excluding steroid dienone is 1. The van der Waals surface area contributed by atoms with Crippen LogP contribution in [0.2, 0.25) is 0 Å². The summed E-state index contributed by atoms with van der Waals surface area (Å²) in [5.74, 6) is 0.327. The van der Waals surface area contributed by atoms with Crippen molar-refractivity contribution in [3.8, 4) is 5.75 Å². The van der Waals surface area contributed by atoms with E-state index in [1.807, 2.05) is 42.5 Å². The average molecular weight is 315 g/mol. The lowest BCUT2D eigenvalue weighted by Crippen LogP contribution is -2.01. The summed E-state index contributed by atoms with van der Waals surface area (Å²) in [6.45, 7) is 7.42. The number of hydrogen-bond donors (Lipinski definition) is 2. The first kappa shape index (κ1) is 12.2. The van der Waals surface area contributed by atoms with Crippen LogP contribution in [-0.2, 0) is 6.42 Å². The number of halogens is 1. The second kappa shape index (κ2) is 4.79. The van der Waals surface area contributed by atoms with Crippen LogP contribution in [0.15, 0.2) is 18.7 Å². The third-order valence-corrected chi connectivity index (χ3v) is 3.03. The highest BCUT2D eigenvalue weighted by Gasteiger charge is 2.13. The smallest absolute Gasteiger partial charge is 0.121 e. The summed E-state index contributed by atoms with van der Waals surface area (Å²) in [6, 6.07) is 1.86. The zero-order valence-electron chi connectivity index (χ0n) is 8.89. The molecule has 2 nitrogen and oxygen atoms in total. The summed E-state index contributed by atoms with van der Waals surface area (Å²) in [5.41, 5.74) is 3.55. The lowest BCUT2D eigenvalue weighted by Gasteiger charge is -2.13. The monoisotopic (exact) mass is 315 g/mol. The van der Waals surface area contributed by atoms with Crippen LogP contribution in [0.4, 0.5) is 0 Å². The number of benzene rings is 1. The topological polar surface area (TPSA) is 44.1 Å². The van der Waals surface area contributed by atoms with E-state index in [9.17, 15) is 5.11 Å². The fourth-order valence-electron chi connectivity index (χ4n) is 1.62. The molecule has 0 saturated carbocycles. The summed E-state index contributed by atoms with van der Waals surface area (Å²) >= 11 is 1.99. The van der Waals surface area contributed by atoms with Crippen molar-refractivity contribution in [1.29, 1.82) is 5.41 Å². The predicted octanol–water partition coefficient (Wildman–Crippen LogP) is 3.50. The summed E-state index contributed by atoms with van der Waals surface area (Å²) in [7, 11) is 0. The molecule has 0 unspecified atom stereocenters. The molecule has 3 heteroatoms. The molecule has 0 fully saturated rings. The highest BCUT2D eigenvalue weighted by atomic mass is 127. The van der Waals surface area contributed by atoms with E-state index < -0.39 is 0 Å². The summed E-state index contributed by atoms with van der Waals surface area (Å²) in [4.78, 5) is 0. The average Bonchev–Trinajstić information content (AvgIpc) is 2.18. The Morgan fingerprint density at radius 1 is 1.60 bits per heavy atom. The first-order valence-corrected chi connectivity index (χ1v) is 5.74. The van der Waals surface area contributed by atoms with E-state index in [0.717, 1.165) is 22.3 Å². The second-order valence-corrected chi connectivity index (χ2v) is 4.58. The van der Waals surface area contributed by atoms with Gasteiger partial charge in [0.2, 0.25) is 0 Å². The third-order valence-electron chi connectivity index (χ3n) is 2.45. The predicted molar refractivity (Wildman–Crippen MR) is 72.3 cm³/mol. The van der Waals surface area contributed by atoms with Gasteiger partial charge in [0, 0.05) is 5.56 Å². The van der Waals surface area contributed by atoms with Gasteiger partial charge >= 0.3 is 0 Å². The lowest BCUT2D eigenvalue weighted by molar-refractivity contribution is 0.466. The maximum Gasteiger partial charge on any atom is 0.121 e. The van der Waals surface area contributed by atoms with E-state index in [1.165, 1.54) is 0 Å². The van der Waals surface area contributed by atoms with Gasteiger partial charge in [-0.05, 0) is 65.6 Å². The van der Waals surface area contributed by atoms with Crippen LogP contribution in [0.25, 0.3) is 0 Å². The van der Waals surface area contributed by atoms with Crippen molar-refractivity contribution in [2.24, 2.45) is 0 Å². The molecule has 0 spiro atoms. The molecular weight excluding hydrogens is 301 g/mol. The van der Waals surface area contributed by atoms with E-state index in [-0.39, 0.29) is 0 Å². The van der Waals surface area contributed by atoms with E-state index >= 15 is 0 Å². The van der Waals surface area contributed by atoms with Crippen molar-refractivity contribution in [2.45, 2.75) is 20.3 Å². The Hall–Kier alpha value is -0.840. The zero-order chi connectivity index (χ0) is 11.6. The Bertz CT molecular complexity index is 424. The van der Waals surface area contributed by atoms with Crippen molar-refractivity contribution in [1.82, 2.24) is 0 Å². The Morgan fingerprint density at radius 3 is 2.67 bits per heavy atom. The van der Waals surface area contributed by atoms with Gasteiger partial charge in [0.25, 0.3) is 0 Å². The Morgan fingerprint density at radius 2 is 2.20 bits per heavy atom. The number of phenolic OH excluding ortho intramolecular Hbond substituents is 1. The minimum absolute atomic E-state index is 0.327. The molecule has 0 atom stereocenters. The molecular formula is C12H14INO. The van der Waals surface area contributed by atoms with Crippen LogP contribution in [-0.4, -0.2) is 8.82 Å². The summed E-state index contributed by atoms with van der Waals surface area (Å²) in [6.07, 6.45) is 2.47. The van der Waals surface area contributed by atoms with E-state index in [2.05, 4.69) is 6.58 Å². The number of rotatable bonds is 3. The van der Waals surface area contributed by atoms with Crippen molar-refractivity contribution in [2.75, 3.05) is 0 Å². The largest absolute Gasteiger partial charge is 0.507 e. The molecule has 0 amide bonds. The number of nitrogens with one attached hydrogen (secondary N) is 1. The van der Waals surface area contributed by atoms with Gasteiger partial charge in [-0.3, -0.25) is 5.41 Å². The molecule has 0 radical (unpaired) electrons. The zero-order valence-corrected chi connectivity index (χ0v) is 11.1. The summed E-state index contributed by atoms with van der Waals surface area (Å²) < 4.78 is 0.496. The Balaban J connectivity index is 3.49. The SMILES string of the molecule is C=CCc1c(C(=N)I)cc(C)c(O)c1C. The van der Waals surface area contributed by atoms with Crippen LogP contribution in [0.5, 0.6) is 5.75 Å². The van der Waals surface area contributed by atoms with E-state index in [0.29, 0.717) is 15.9 Å². The quantitative estimate of drug-likeness (QED) is 0.500. The fourth-order valence-corrected chi connectivity index (χ4v) is 2.10. The van der Waals surface area contributed by atoms with Crippen LogP contribution >= 0.6 is 22.6 Å². The molecule has 0 aliphatic carbocycles. The van der Waals surface area contributed by atoms with Gasteiger partial charge < -0.3 is 5.11 Å². The Labute approximate surface area is 104 Å². The lowest BCUT2D eigenvalue weighted by atomic mass is 9.96. The van der Waals surface area contributed by atoms with Crippen LogP contribution in [0.3, 0.4) is 0 Å². The molecule has 1 aromatic rings. The van der Waals surface area contributed by atoms with Crippen molar-refractivity contribution in [3.05, 3.63) is 41.0 Å². The molecule has 0 aliphatic heterocycles. The normalized spacial score (nSPS) is 10.1. The molecule has 80 valence electrons. The highest BCUT2D eigenvalue weighted by molar-refractivity contribution is 14.1.